The largest absolute Gasteiger partial charge is 0.493 e. The van der Waals surface area contributed by atoms with Crippen molar-refractivity contribution in [2.24, 2.45) is 0 Å². The van der Waals surface area contributed by atoms with Crippen LogP contribution < -0.4 is 19.8 Å². The molecule has 41 heavy (non-hydrogen) atoms. The lowest BCUT2D eigenvalue weighted by Crippen LogP contribution is -2.39. The van der Waals surface area contributed by atoms with Crippen LogP contribution >= 0.6 is 43.6 Å². The van der Waals surface area contributed by atoms with E-state index in [1.807, 2.05) is 12.1 Å². The van der Waals surface area contributed by atoms with Crippen molar-refractivity contribution in [3.63, 3.8) is 0 Å². The summed E-state index contributed by atoms with van der Waals surface area (Å²) >= 11 is 8.56. The topological polar surface area (TPSA) is 62.6 Å². The molecule has 4 rings (SSSR count). The molecule has 0 aliphatic rings. The third kappa shape index (κ3) is 7.85. The number of methoxy groups -OCH3 is 3. The molecule has 0 spiro atoms. The number of quaternary nitrogens is 1. The quantitative estimate of drug-likeness (QED) is 0.0630. The average molecular weight is 707 g/mol. The van der Waals surface area contributed by atoms with E-state index in [0.717, 1.165) is 44.9 Å². The van der Waals surface area contributed by atoms with Gasteiger partial charge in [-0.15, -0.1) is 0 Å². The Labute approximate surface area is 262 Å². The van der Waals surface area contributed by atoms with E-state index < -0.39 is 0 Å². The summed E-state index contributed by atoms with van der Waals surface area (Å²) in [5, 5.41) is 1.10. The number of halogens is 2. The molecular weight excluding hydrogens is 670 g/mol. The van der Waals surface area contributed by atoms with Gasteiger partial charge < -0.3 is 18.7 Å². The highest BCUT2D eigenvalue weighted by Gasteiger charge is 2.22. The van der Waals surface area contributed by atoms with Crippen LogP contribution in [0.1, 0.15) is 24.0 Å². The van der Waals surface area contributed by atoms with Gasteiger partial charge in [0.1, 0.15) is 12.1 Å². The number of ether oxygens (including phenoxy) is 3. The highest BCUT2D eigenvalue weighted by Crippen LogP contribution is 2.42. The summed E-state index contributed by atoms with van der Waals surface area (Å²) in [4.78, 5) is 18.9. The fourth-order valence-corrected chi connectivity index (χ4v) is 6.31. The first-order valence-electron chi connectivity index (χ1n) is 13.3. The SMILES string of the molecule is COc1cc2c(=O)n(CCCC[N+](C)(C)Cc3ccc(Br)cc3)c(SCc3ccc(Br)cc3)nc2c(OC)c1OC. The van der Waals surface area contributed by atoms with Gasteiger partial charge in [0.25, 0.3) is 5.56 Å². The first-order chi connectivity index (χ1) is 19.7. The third-order valence-electron chi connectivity index (χ3n) is 6.92. The zero-order valence-corrected chi connectivity index (χ0v) is 28.1. The van der Waals surface area contributed by atoms with Crippen LogP contribution in [0.15, 0.2) is 73.5 Å². The summed E-state index contributed by atoms with van der Waals surface area (Å²) in [6.45, 7) is 2.51. The predicted molar refractivity (Wildman–Crippen MR) is 173 cm³/mol. The Balaban J connectivity index is 1.60. The normalized spacial score (nSPS) is 11.6. The Kier molecular flexibility index (Phi) is 10.8. The molecule has 0 N–H and O–H groups in total. The molecule has 0 amide bonds. The van der Waals surface area contributed by atoms with Crippen LogP contribution in [0.3, 0.4) is 0 Å². The second kappa shape index (κ2) is 14.1. The van der Waals surface area contributed by atoms with Gasteiger partial charge in [0.15, 0.2) is 16.7 Å². The minimum Gasteiger partial charge on any atom is -0.493 e. The number of benzene rings is 3. The van der Waals surface area contributed by atoms with Crippen LogP contribution in [0.5, 0.6) is 17.2 Å². The molecule has 0 fully saturated rings. The van der Waals surface area contributed by atoms with Gasteiger partial charge in [-0.2, -0.15) is 0 Å². The molecule has 7 nitrogen and oxygen atoms in total. The highest BCUT2D eigenvalue weighted by molar-refractivity contribution is 9.10. The minimum absolute atomic E-state index is 0.115. The smallest absolute Gasteiger partial charge is 0.262 e. The molecule has 0 unspecified atom stereocenters. The number of aromatic nitrogens is 2. The Hall–Kier alpha value is -2.53. The van der Waals surface area contributed by atoms with Crippen molar-refractivity contribution in [3.05, 3.63) is 85.0 Å². The summed E-state index contributed by atoms with van der Waals surface area (Å²) in [6.07, 6.45) is 1.82. The maximum atomic E-state index is 13.9. The number of unbranched alkanes of at least 4 members (excludes halogenated alkanes) is 1. The molecule has 1 aromatic heterocycles. The lowest BCUT2D eigenvalue weighted by molar-refractivity contribution is -0.903. The van der Waals surface area contributed by atoms with E-state index >= 15 is 0 Å². The fraction of sp³-hybridized carbons (Fsp3) is 0.355. The van der Waals surface area contributed by atoms with Gasteiger partial charge in [-0.3, -0.25) is 9.36 Å². The zero-order chi connectivity index (χ0) is 29.6. The van der Waals surface area contributed by atoms with Gasteiger partial charge >= 0.3 is 0 Å². The van der Waals surface area contributed by atoms with Crippen LogP contribution in [0.25, 0.3) is 10.9 Å². The van der Waals surface area contributed by atoms with Crippen molar-refractivity contribution in [1.82, 2.24) is 9.55 Å². The molecule has 0 aliphatic heterocycles. The van der Waals surface area contributed by atoms with Gasteiger partial charge in [0.2, 0.25) is 5.75 Å². The number of hydrogen-bond donors (Lipinski definition) is 0. The fourth-order valence-electron chi connectivity index (χ4n) is 4.81. The number of nitrogens with zero attached hydrogens (tertiary/aromatic N) is 3. The first kappa shape index (κ1) is 31.4. The van der Waals surface area contributed by atoms with Crippen molar-refractivity contribution in [2.45, 2.75) is 36.8 Å². The van der Waals surface area contributed by atoms with E-state index in [4.69, 9.17) is 19.2 Å². The molecule has 10 heteroatoms. The van der Waals surface area contributed by atoms with Gasteiger partial charge in [0, 0.05) is 26.8 Å². The zero-order valence-electron chi connectivity index (χ0n) is 24.1. The Morgan fingerprint density at radius 3 is 2.05 bits per heavy atom. The molecule has 0 saturated carbocycles. The molecule has 0 saturated heterocycles. The summed E-state index contributed by atoms with van der Waals surface area (Å²) in [5.74, 6) is 1.92. The minimum atomic E-state index is -0.115. The lowest BCUT2D eigenvalue weighted by atomic mass is 10.1. The van der Waals surface area contributed by atoms with Crippen molar-refractivity contribution in [1.29, 1.82) is 0 Å². The summed E-state index contributed by atoms with van der Waals surface area (Å²) in [5.41, 5.74) is 2.80. The van der Waals surface area contributed by atoms with Gasteiger partial charge in [-0.1, -0.05) is 67.9 Å². The van der Waals surface area contributed by atoms with Crippen molar-refractivity contribution in [2.75, 3.05) is 42.0 Å². The molecule has 3 aromatic carbocycles. The molecular formula is C31H36Br2N3O4S+. The van der Waals surface area contributed by atoms with E-state index in [9.17, 15) is 4.79 Å². The molecule has 0 bridgehead atoms. The Morgan fingerprint density at radius 2 is 1.46 bits per heavy atom. The van der Waals surface area contributed by atoms with E-state index in [2.05, 4.69) is 82.4 Å². The predicted octanol–water partition coefficient (Wildman–Crippen LogP) is 7.30. The second-order valence-electron chi connectivity index (χ2n) is 10.5. The molecule has 0 aliphatic carbocycles. The van der Waals surface area contributed by atoms with Crippen molar-refractivity contribution < 1.29 is 18.7 Å². The Morgan fingerprint density at radius 1 is 0.854 bits per heavy atom. The summed E-state index contributed by atoms with van der Waals surface area (Å²) < 4.78 is 21.5. The van der Waals surface area contributed by atoms with Crippen molar-refractivity contribution >= 4 is 54.5 Å². The maximum Gasteiger partial charge on any atom is 0.262 e. The molecule has 1 heterocycles. The van der Waals surface area contributed by atoms with Gasteiger partial charge in [-0.05, 0) is 48.7 Å². The first-order valence-corrected chi connectivity index (χ1v) is 15.9. The summed E-state index contributed by atoms with van der Waals surface area (Å²) in [7, 11) is 9.14. The van der Waals surface area contributed by atoms with Crippen LogP contribution in [0, 0.1) is 0 Å². The number of fused-ring (bicyclic) bond motifs is 1. The van der Waals surface area contributed by atoms with Crippen LogP contribution in [0.4, 0.5) is 0 Å². The van der Waals surface area contributed by atoms with E-state index in [-0.39, 0.29) is 5.56 Å². The van der Waals surface area contributed by atoms with E-state index in [0.29, 0.717) is 45.6 Å². The van der Waals surface area contributed by atoms with E-state index in [1.54, 1.807) is 43.7 Å². The number of thioether (sulfide) groups is 1. The van der Waals surface area contributed by atoms with E-state index in [1.165, 1.54) is 5.56 Å². The van der Waals surface area contributed by atoms with Crippen molar-refractivity contribution in [3.8, 4) is 17.2 Å². The van der Waals surface area contributed by atoms with Crippen LogP contribution in [-0.4, -0.2) is 56.0 Å². The maximum absolute atomic E-state index is 13.9. The average Bonchev–Trinajstić information content (AvgIpc) is 2.96. The molecule has 0 atom stereocenters. The standard InChI is InChI=1S/C31H36Br2N3O4S/c1-36(2,19-21-8-12-23(32)13-9-21)17-7-6-16-35-30(37)25-18-26(38-3)28(39-4)29(40-5)27(25)34-31(35)41-20-22-10-14-24(33)15-11-22/h8-15,18H,6-7,16-17,19-20H2,1-5H3/q+1. The highest BCUT2D eigenvalue weighted by atomic mass is 79.9. The molecule has 218 valence electrons. The van der Waals surface area contributed by atoms with Gasteiger partial charge in [0.05, 0.1) is 47.4 Å². The summed E-state index contributed by atoms with van der Waals surface area (Å²) in [6, 6.07) is 18.4. The second-order valence-corrected chi connectivity index (χ2v) is 13.2. The number of rotatable bonds is 13. The molecule has 0 radical (unpaired) electrons. The number of hydrogen-bond acceptors (Lipinski definition) is 6. The third-order valence-corrected chi connectivity index (χ3v) is 9.02. The monoisotopic (exact) mass is 704 g/mol. The van der Waals surface area contributed by atoms with Crippen LogP contribution in [0.2, 0.25) is 0 Å². The van der Waals surface area contributed by atoms with Gasteiger partial charge in [-0.25, -0.2) is 4.98 Å². The lowest BCUT2D eigenvalue weighted by Gasteiger charge is -2.30. The molecule has 4 aromatic rings. The Bertz CT molecular complexity index is 1540. The van der Waals surface area contributed by atoms with Crippen LogP contribution in [-0.2, 0) is 18.8 Å².